The van der Waals surface area contributed by atoms with Crippen molar-refractivity contribution >= 4 is 76.6 Å². The smallest absolute Gasteiger partial charge is 0.167 e. The molecule has 0 aliphatic rings. The summed E-state index contributed by atoms with van der Waals surface area (Å²) in [5.74, 6) is 1.64. The van der Waals surface area contributed by atoms with Crippen LogP contribution in [0.2, 0.25) is 0 Å². The largest absolute Gasteiger partial charge is 0.456 e. The second kappa shape index (κ2) is 11.5. The van der Waals surface area contributed by atoms with Gasteiger partial charge >= 0.3 is 0 Å². The molecule has 256 valence electrons. The molecule has 0 aliphatic heterocycles. The molecular formula is C49H27N3O3. The normalized spacial score (nSPS) is 12.0. The van der Waals surface area contributed by atoms with E-state index in [0.29, 0.717) is 17.5 Å². The lowest BCUT2D eigenvalue weighted by molar-refractivity contribution is 0.668. The van der Waals surface area contributed by atoms with Gasteiger partial charge in [0.05, 0.1) is 5.56 Å². The Morgan fingerprint density at radius 3 is 1.64 bits per heavy atom. The molecule has 0 amide bonds. The van der Waals surface area contributed by atoms with E-state index in [0.717, 1.165) is 99.0 Å². The number of rotatable bonds is 4. The van der Waals surface area contributed by atoms with Crippen molar-refractivity contribution in [3.8, 4) is 45.3 Å². The van der Waals surface area contributed by atoms with E-state index in [-0.39, 0.29) is 0 Å². The fourth-order valence-electron chi connectivity index (χ4n) is 8.27. The molecule has 0 N–H and O–H groups in total. The minimum absolute atomic E-state index is 0.528. The molecule has 4 aromatic heterocycles. The van der Waals surface area contributed by atoms with E-state index in [9.17, 15) is 0 Å². The van der Waals surface area contributed by atoms with Crippen molar-refractivity contribution in [2.75, 3.05) is 0 Å². The summed E-state index contributed by atoms with van der Waals surface area (Å²) in [6, 6.07) is 55.6. The van der Waals surface area contributed by atoms with Crippen molar-refractivity contribution in [3.63, 3.8) is 0 Å². The van der Waals surface area contributed by atoms with E-state index < -0.39 is 0 Å². The number of para-hydroxylation sites is 2. The van der Waals surface area contributed by atoms with Crippen molar-refractivity contribution in [1.82, 2.24) is 15.0 Å². The lowest BCUT2D eigenvalue weighted by atomic mass is 9.93. The molecule has 0 bridgehead atoms. The van der Waals surface area contributed by atoms with Crippen LogP contribution in [-0.2, 0) is 0 Å². The van der Waals surface area contributed by atoms with Crippen LogP contribution in [0.3, 0.4) is 0 Å². The number of fused-ring (bicyclic) bond motifs is 10. The van der Waals surface area contributed by atoms with Gasteiger partial charge in [-0.1, -0.05) is 121 Å². The Balaban J connectivity index is 1.14. The van der Waals surface area contributed by atoms with Crippen LogP contribution in [0.5, 0.6) is 0 Å². The summed E-state index contributed by atoms with van der Waals surface area (Å²) < 4.78 is 19.6. The Hall–Kier alpha value is -7.57. The maximum atomic E-state index is 6.63. The molecule has 0 saturated heterocycles. The number of benzene rings is 8. The van der Waals surface area contributed by atoms with Gasteiger partial charge < -0.3 is 13.3 Å². The first-order valence-corrected chi connectivity index (χ1v) is 18.3. The van der Waals surface area contributed by atoms with Crippen LogP contribution in [0.1, 0.15) is 0 Å². The number of nitrogens with zero attached hydrogens (tertiary/aromatic N) is 3. The molecule has 0 aliphatic carbocycles. The Kier molecular flexibility index (Phi) is 6.24. The molecule has 0 fully saturated rings. The van der Waals surface area contributed by atoms with E-state index in [2.05, 4.69) is 78.9 Å². The van der Waals surface area contributed by atoms with Crippen LogP contribution < -0.4 is 0 Å². The predicted molar refractivity (Wildman–Crippen MR) is 221 cm³/mol. The van der Waals surface area contributed by atoms with Gasteiger partial charge in [0.15, 0.2) is 17.5 Å². The third kappa shape index (κ3) is 4.52. The average Bonchev–Trinajstić information content (AvgIpc) is 3.94. The minimum Gasteiger partial charge on any atom is -0.456 e. The quantitative estimate of drug-likeness (QED) is 0.181. The highest BCUT2D eigenvalue weighted by Crippen LogP contribution is 2.45. The van der Waals surface area contributed by atoms with Crippen LogP contribution in [0.25, 0.3) is 122 Å². The number of hydrogen-bond acceptors (Lipinski definition) is 6. The van der Waals surface area contributed by atoms with Gasteiger partial charge in [-0.3, -0.25) is 0 Å². The van der Waals surface area contributed by atoms with Crippen molar-refractivity contribution < 1.29 is 13.3 Å². The molecule has 0 atom stereocenters. The first-order valence-electron chi connectivity index (χ1n) is 18.3. The zero-order valence-corrected chi connectivity index (χ0v) is 29.2. The molecule has 0 saturated carbocycles. The summed E-state index contributed by atoms with van der Waals surface area (Å²) in [6.07, 6.45) is 0. The molecule has 12 aromatic rings. The van der Waals surface area contributed by atoms with E-state index in [1.54, 1.807) is 0 Å². The molecule has 12 rings (SSSR count). The Labute approximate surface area is 312 Å². The number of hydrogen-bond donors (Lipinski definition) is 0. The second-order valence-electron chi connectivity index (χ2n) is 13.9. The van der Waals surface area contributed by atoms with E-state index in [4.69, 9.17) is 28.2 Å². The van der Waals surface area contributed by atoms with Crippen molar-refractivity contribution in [2.45, 2.75) is 0 Å². The van der Waals surface area contributed by atoms with E-state index >= 15 is 0 Å². The first kappa shape index (κ1) is 29.9. The van der Waals surface area contributed by atoms with Crippen molar-refractivity contribution in [2.24, 2.45) is 0 Å². The summed E-state index contributed by atoms with van der Waals surface area (Å²) in [6.45, 7) is 0. The minimum atomic E-state index is 0.528. The van der Waals surface area contributed by atoms with Crippen LogP contribution >= 0.6 is 0 Å². The standard InChI is InChI=1S/C49H27N3O3/c1-2-12-28(13-3-1)47-50-48(52-49(51-47)36-21-8-19-34-31-16-6-7-22-38(31)55-46(34)36)35-20-11-25-41-45(35)44-33(18-10-24-40(44)53-41)32-17-9-23-39-43(32)37-26-29-14-4-5-15-30(29)27-42(37)54-39/h1-27H. The first-order chi connectivity index (χ1) is 27.2. The van der Waals surface area contributed by atoms with Crippen LogP contribution in [-0.4, -0.2) is 15.0 Å². The zero-order valence-electron chi connectivity index (χ0n) is 29.2. The number of aromatic nitrogens is 3. The van der Waals surface area contributed by atoms with Gasteiger partial charge in [-0.05, 0) is 64.4 Å². The topological polar surface area (TPSA) is 78.1 Å². The summed E-state index contributed by atoms with van der Waals surface area (Å²) in [5.41, 5.74) is 9.40. The predicted octanol–water partition coefficient (Wildman–Crippen LogP) is 13.4. The highest BCUT2D eigenvalue weighted by Gasteiger charge is 2.23. The highest BCUT2D eigenvalue weighted by molar-refractivity contribution is 6.22. The second-order valence-corrected chi connectivity index (χ2v) is 13.9. The van der Waals surface area contributed by atoms with Gasteiger partial charge in [0.2, 0.25) is 0 Å². The van der Waals surface area contributed by atoms with Crippen LogP contribution in [0.4, 0.5) is 0 Å². The van der Waals surface area contributed by atoms with Gasteiger partial charge in [-0.25, -0.2) is 15.0 Å². The lowest BCUT2D eigenvalue weighted by Crippen LogP contribution is -2.00. The van der Waals surface area contributed by atoms with Gasteiger partial charge in [-0.2, -0.15) is 0 Å². The molecule has 0 radical (unpaired) electrons. The average molecular weight is 706 g/mol. The van der Waals surface area contributed by atoms with Crippen molar-refractivity contribution in [1.29, 1.82) is 0 Å². The van der Waals surface area contributed by atoms with Crippen LogP contribution in [0, 0.1) is 0 Å². The zero-order chi connectivity index (χ0) is 36.0. The van der Waals surface area contributed by atoms with Gasteiger partial charge in [0.1, 0.15) is 33.5 Å². The van der Waals surface area contributed by atoms with Gasteiger partial charge in [-0.15, -0.1) is 0 Å². The number of furan rings is 3. The summed E-state index contributed by atoms with van der Waals surface area (Å²) >= 11 is 0. The molecular weight excluding hydrogens is 679 g/mol. The molecule has 0 unspecified atom stereocenters. The lowest BCUT2D eigenvalue weighted by Gasteiger charge is -2.10. The Morgan fingerprint density at radius 2 is 0.836 bits per heavy atom. The molecule has 55 heavy (non-hydrogen) atoms. The highest BCUT2D eigenvalue weighted by atomic mass is 16.3. The Bertz CT molecular complexity index is 3500. The van der Waals surface area contributed by atoms with Crippen LogP contribution in [0.15, 0.2) is 177 Å². The maximum absolute atomic E-state index is 6.63. The van der Waals surface area contributed by atoms with Crippen molar-refractivity contribution in [3.05, 3.63) is 164 Å². The fourth-order valence-corrected chi connectivity index (χ4v) is 8.27. The summed E-state index contributed by atoms with van der Waals surface area (Å²) in [5, 5.41) is 8.43. The summed E-state index contributed by atoms with van der Waals surface area (Å²) in [4.78, 5) is 15.5. The monoisotopic (exact) mass is 705 g/mol. The maximum Gasteiger partial charge on any atom is 0.167 e. The summed E-state index contributed by atoms with van der Waals surface area (Å²) in [7, 11) is 0. The fraction of sp³-hybridized carbons (Fsp3) is 0. The van der Waals surface area contributed by atoms with Gasteiger partial charge in [0, 0.05) is 43.4 Å². The van der Waals surface area contributed by atoms with Gasteiger partial charge in [0.25, 0.3) is 0 Å². The van der Waals surface area contributed by atoms with E-state index in [1.165, 1.54) is 5.39 Å². The Morgan fingerprint density at radius 1 is 0.309 bits per heavy atom. The molecule has 0 spiro atoms. The molecule has 4 heterocycles. The molecule has 8 aromatic carbocycles. The molecule has 6 nitrogen and oxygen atoms in total. The SMILES string of the molecule is c1ccc(-c2nc(-c3cccc4c3oc3ccccc34)nc(-c3cccc4oc5cccc(-c6cccc7oc8cc9ccccc9cc8c67)c5c34)n2)cc1. The molecule has 6 heteroatoms. The third-order valence-corrected chi connectivity index (χ3v) is 10.7. The third-order valence-electron chi connectivity index (χ3n) is 10.7. The van der Waals surface area contributed by atoms with E-state index in [1.807, 2.05) is 84.9 Å².